The van der Waals surface area contributed by atoms with E-state index in [2.05, 4.69) is 5.32 Å². The molecule has 144 valence electrons. The molecule has 11 heteroatoms. The van der Waals surface area contributed by atoms with E-state index in [1.54, 1.807) is 0 Å². The summed E-state index contributed by atoms with van der Waals surface area (Å²) in [5.41, 5.74) is -0.105. The molecule has 0 aromatic heterocycles. The van der Waals surface area contributed by atoms with E-state index >= 15 is 0 Å². The molecule has 0 aliphatic carbocycles. The van der Waals surface area contributed by atoms with E-state index in [-0.39, 0.29) is 32.6 Å². The summed E-state index contributed by atoms with van der Waals surface area (Å²) in [5, 5.41) is 13.4. The number of carbonyl (C=O) groups excluding carboxylic acids is 1. The molecule has 0 radical (unpaired) electrons. The Balaban J connectivity index is 2.41. The molecule has 1 N–H and O–H groups in total. The molecule has 1 amide bonds. The summed E-state index contributed by atoms with van der Waals surface area (Å²) in [6, 6.07) is 7.42. The number of carbonyl (C=O) groups is 1. The van der Waals surface area contributed by atoms with Crippen molar-refractivity contribution in [2.24, 2.45) is 0 Å². The topological polar surface area (TPSA) is 119 Å². The fraction of sp³-hybridized carbons (Fsp3) is 0.188. The number of hydrogen-bond donors (Lipinski definition) is 1. The molecule has 0 unspecified atom stereocenters. The lowest BCUT2D eigenvalue weighted by Gasteiger charge is -2.14. The van der Waals surface area contributed by atoms with Gasteiger partial charge in [0.25, 0.3) is 11.6 Å². The second-order valence-electron chi connectivity index (χ2n) is 5.52. The summed E-state index contributed by atoms with van der Waals surface area (Å²) < 4.78 is 30.6. The summed E-state index contributed by atoms with van der Waals surface area (Å²) in [6.07, 6.45) is 0. The summed E-state index contributed by atoms with van der Waals surface area (Å²) in [7, 11) is 0.275. The first-order chi connectivity index (χ1) is 12.6. The van der Waals surface area contributed by atoms with E-state index < -0.39 is 20.9 Å². The number of anilines is 1. The normalized spacial score (nSPS) is 11.3. The van der Waals surface area contributed by atoms with Gasteiger partial charge in [0.15, 0.2) is 0 Å². The van der Waals surface area contributed by atoms with Gasteiger partial charge in [-0.05, 0) is 24.3 Å². The number of halogens is 1. The number of ether oxygens (including phenoxy) is 1. The smallest absolute Gasteiger partial charge is 0.273 e. The van der Waals surface area contributed by atoms with Crippen LogP contribution in [0.2, 0.25) is 5.02 Å². The third-order valence-electron chi connectivity index (χ3n) is 3.61. The van der Waals surface area contributed by atoms with Gasteiger partial charge in [-0.2, -0.15) is 0 Å². The lowest BCUT2D eigenvalue weighted by molar-refractivity contribution is -0.384. The fourth-order valence-electron chi connectivity index (χ4n) is 2.14. The van der Waals surface area contributed by atoms with Crippen LogP contribution in [0.5, 0.6) is 5.75 Å². The Hall–Kier alpha value is -2.69. The maximum atomic E-state index is 12.6. The van der Waals surface area contributed by atoms with E-state index in [0.717, 1.165) is 16.4 Å². The number of nitrogens with one attached hydrogen (secondary N) is 1. The molecular formula is C16H16ClN3O6S. The molecule has 0 fully saturated rings. The summed E-state index contributed by atoms with van der Waals surface area (Å²) in [5.74, 6) is -0.617. The van der Waals surface area contributed by atoms with Gasteiger partial charge < -0.3 is 10.1 Å². The summed E-state index contributed by atoms with van der Waals surface area (Å²) in [4.78, 5) is 22.7. The first kappa shape index (κ1) is 20.6. The second kappa shape index (κ2) is 7.91. The SMILES string of the molecule is COc1cc([N+](=O)[O-])ccc1NC(=O)c1cc(S(=O)(=O)N(C)C)ccc1Cl. The van der Waals surface area contributed by atoms with Crippen LogP contribution in [0, 0.1) is 10.1 Å². The van der Waals surface area contributed by atoms with Gasteiger partial charge in [0.2, 0.25) is 10.0 Å². The number of nitro benzene ring substituents is 1. The van der Waals surface area contributed by atoms with Crippen molar-refractivity contribution in [2.45, 2.75) is 4.90 Å². The predicted octanol–water partition coefficient (Wildman–Crippen LogP) is 2.76. The van der Waals surface area contributed by atoms with Gasteiger partial charge in [0.1, 0.15) is 5.75 Å². The van der Waals surface area contributed by atoms with Gasteiger partial charge in [-0.25, -0.2) is 12.7 Å². The molecule has 0 saturated heterocycles. The van der Waals surface area contributed by atoms with Crippen molar-refractivity contribution < 1.29 is 22.9 Å². The monoisotopic (exact) mass is 413 g/mol. The molecule has 9 nitrogen and oxygen atoms in total. The van der Waals surface area contributed by atoms with Crippen molar-refractivity contribution in [1.82, 2.24) is 4.31 Å². The average Bonchev–Trinajstić information content (AvgIpc) is 2.61. The average molecular weight is 414 g/mol. The highest BCUT2D eigenvalue weighted by Crippen LogP contribution is 2.30. The highest BCUT2D eigenvalue weighted by atomic mass is 35.5. The van der Waals surface area contributed by atoms with Crippen LogP contribution in [-0.2, 0) is 10.0 Å². The lowest BCUT2D eigenvalue weighted by atomic mass is 10.2. The molecule has 2 rings (SSSR count). The number of benzene rings is 2. The molecule has 0 spiro atoms. The number of sulfonamides is 1. The van der Waals surface area contributed by atoms with Crippen molar-refractivity contribution in [3.8, 4) is 5.75 Å². The van der Waals surface area contributed by atoms with E-state index in [1.165, 1.54) is 45.5 Å². The number of methoxy groups -OCH3 is 1. The minimum atomic E-state index is -3.76. The number of amides is 1. The molecule has 27 heavy (non-hydrogen) atoms. The molecule has 0 saturated carbocycles. The minimum absolute atomic E-state index is 0.0473. The summed E-state index contributed by atoms with van der Waals surface area (Å²) >= 11 is 6.04. The first-order valence-electron chi connectivity index (χ1n) is 7.43. The Morgan fingerprint density at radius 1 is 1.22 bits per heavy atom. The number of hydrogen-bond acceptors (Lipinski definition) is 6. The van der Waals surface area contributed by atoms with Crippen LogP contribution in [0.4, 0.5) is 11.4 Å². The zero-order chi connectivity index (χ0) is 20.4. The Bertz CT molecular complexity index is 1010. The fourth-order valence-corrected chi connectivity index (χ4v) is 3.27. The third kappa shape index (κ3) is 4.35. The Morgan fingerprint density at radius 2 is 1.89 bits per heavy atom. The van der Waals surface area contributed by atoms with Crippen LogP contribution < -0.4 is 10.1 Å². The van der Waals surface area contributed by atoms with Gasteiger partial charge in [-0.3, -0.25) is 14.9 Å². The van der Waals surface area contributed by atoms with Crippen molar-refractivity contribution in [3.63, 3.8) is 0 Å². The standard InChI is InChI=1S/C16H16ClN3O6S/c1-19(2)27(24,25)11-5-6-13(17)12(9-11)16(21)18-14-7-4-10(20(22)23)8-15(14)26-3/h4-9H,1-3H3,(H,18,21). The van der Waals surface area contributed by atoms with Crippen LogP contribution in [0.15, 0.2) is 41.3 Å². The Labute approximate surface area is 160 Å². The molecule has 0 bridgehead atoms. The Kier molecular flexibility index (Phi) is 6.04. The number of nitrogens with zero attached hydrogens (tertiary/aromatic N) is 2. The minimum Gasteiger partial charge on any atom is -0.494 e. The maximum absolute atomic E-state index is 12.6. The molecular weight excluding hydrogens is 398 g/mol. The highest BCUT2D eigenvalue weighted by Gasteiger charge is 2.22. The van der Waals surface area contributed by atoms with Crippen LogP contribution in [-0.4, -0.2) is 44.8 Å². The summed E-state index contributed by atoms with van der Waals surface area (Å²) in [6.45, 7) is 0. The van der Waals surface area contributed by atoms with Crippen molar-refractivity contribution in [1.29, 1.82) is 0 Å². The largest absolute Gasteiger partial charge is 0.494 e. The quantitative estimate of drug-likeness (QED) is 0.574. The van der Waals surface area contributed by atoms with E-state index in [4.69, 9.17) is 16.3 Å². The first-order valence-corrected chi connectivity index (χ1v) is 9.25. The van der Waals surface area contributed by atoms with Crippen LogP contribution in [0.1, 0.15) is 10.4 Å². The van der Waals surface area contributed by atoms with Gasteiger partial charge in [-0.15, -0.1) is 0 Å². The van der Waals surface area contributed by atoms with Gasteiger partial charge in [-0.1, -0.05) is 11.6 Å². The Morgan fingerprint density at radius 3 is 2.44 bits per heavy atom. The van der Waals surface area contributed by atoms with Crippen LogP contribution in [0.25, 0.3) is 0 Å². The van der Waals surface area contributed by atoms with E-state index in [9.17, 15) is 23.3 Å². The third-order valence-corrected chi connectivity index (χ3v) is 5.75. The van der Waals surface area contributed by atoms with Crippen LogP contribution >= 0.6 is 11.6 Å². The highest BCUT2D eigenvalue weighted by molar-refractivity contribution is 7.89. The molecule has 2 aromatic carbocycles. The zero-order valence-electron chi connectivity index (χ0n) is 14.6. The van der Waals surface area contributed by atoms with Crippen molar-refractivity contribution in [3.05, 3.63) is 57.1 Å². The van der Waals surface area contributed by atoms with Crippen molar-refractivity contribution in [2.75, 3.05) is 26.5 Å². The number of non-ortho nitro benzene ring substituents is 1. The maximum Gasteiger partial charge on any atom is 0.273 e. The molecule has 0 heterocycles. The molecule has 0 aliphatic heterocycles. The van der Waals surface area contributed by atoms with Crippen LogP contribution in [0.3, 0.4) is 0 Å². The molecule has 0 aliphatic rings. The van der Waals surface area contributed by atoms with Gasteiger partial charge in [0.05, 0.1) is 39.3 Å². The zero-order valence-corrected chi connectivity index (χ0v) is 16.2. The van der Waals surface area contributed by atoms with E-state index in [1.807, 2.05) is 0 Å². The number of rotatable bonds is 6. The second-order valence-corrected chi connectivity index (χ2v) is 8.08. The van der Waals surface area contributed by atoms with Crippen molar-refractivity contribution >= 4 is 38.9 Å². The lowest BCUT2D eigenvalue weighted by Crippen LogP contribution is -2.23. The van der Waals surface area contributed by atoms with Gasteiger partial charge >= 0.3 is 0 Å². The van der Waals surface area contributed by atoms with E-state index in [0.29, 0.717) is 0 Å². The predicted molar refractivity (Wildman–Crippen MR) is 99.9 cm³/mol. The number of nitro groups is 1. The van der Waals surface area contributed by atoms with Gasteiger partial charge in [0, 0.05) is 20.2 Å². The molecule has 2 aromatic rings. The molecule has 0 atom stereocenters.